The van der Waals surface area contributed by atoms with Crippen LogP contribution in [0.15, 0.2) is 11.8 Å². The van der Waals surface area contributed by atoms with Crippen LogP contribution < -0.4 is 5.32 Å². The van der Waals surface area contributed by atoms with Gasteiger partial charge >= 0.3 is 0 Å². The smallest absolute Gasteiger partial charge is 0.0318 e. The lowest BCUT2D eigenvalue weighted by Gasteiger charge is -2.21. The molecule has 0 saturated heterocycles. The van der Waals surface area contributed by atoms with Gasteiger partial charge in [0, 0.05) is 11.7 Å². The molecule has 1 heterocycles. The second kappa shape index (κ2) is 3.97. The van der Waals surface area contributed by atoms with Crippen LogP contribution in [0.1, 0.15) is 40.5 Å². The Morgan fingerprint density at radius 2 is 2.17 bits per heavy atom. The van der Waals surface area contributed by atoms with Crippen LogP contribution in [-0.4, -0.2) is 6.04 Å². The quantitative estimate of drug-likeness (QED) is 0.681. The van der Waals surface area contributed by atoms with Gasteiger partial charge < -0.3 is 5.32 Å². The zero-order valence-electron chi connectivity index (χ0n) is 8.72. The minimum Gasteiger partial charge on any atom is -0.385 e. The molecule has 1 unspecified atom stereocenters. The van der Waals surface area contributed by atoms with Gasteiger partial charge in [0.2, 0.25) is 0 Å². The molecule has 0 bridgehead atoms. The predicted molar refractivity (Wildman–Crippen MR) is 53.9 cm³/mol. The second-order valence-corrected chi connectivity index (χ2v) is 4.19. The molecular formula is C11H21N. The number of hydrogen-bond acceptors (Lipinski definition) is 1. The van der Waals surface area contributed by atoms with Crippen LogP contribution in [-0.2, 0) is 0 Å². The Hall–Kier alpha value is -0.460. The van der Waals surface area contributed by atoms with Crippen LogP contribution in [0.25, 0.3) is 0 Å². The molecule has 1 heteroatoms. The van der Waals surface area contributed by atoms with Gasteiger partial charge in [0.15, 0.2) is 0 Å². The number of nitrogens with one attached hydrogen (secondary N) is 1. The van der Waals surface area contributed by atoms with Gasteiger partial charge in [-0.2, -0.15) is 0 Å². The maximum Gasteiger partial charge on any atom is 0.0318 e. The van der Waals surface area contributed by atoms with Gasteiger partial charge in [-0.3, -0.25) is 0 Å². The van der Waals surface area contributed by atoms with Gasteiger partial charge in [-0.05, 0) is 18.3 Å². The number of hydrogen-bond donors (Lipinski definition) is 1. The molecule has 0 aliphatic carbocycles. The van der Waals surface area contributed by atoms with Crippen LogP contribution in [0, 0.1) is 11.8 Å². The van der Waals surface area contributed by atoms with E-state index in [1.807, 2.05) is 0 Å². The average molecular weight is 167 g/mol. The minimum atomic E-state index is 0.666. The third-order valence-electron chi connectivity index (χ3n) is 2.90. The number of allylic oxidation sites excluding steroid dienone is 1. The van der Waals surface area contributed by atoms with Crippen molar-refractivity contribution in [2.75, 3.05) is 0 Å². The maximum atomic E-state index is 3.60. The summed E-state index contributed by atoms with van der Waals surface area (Å²) in [5.74, 6) is 1.47. The molecule has 0 saturated carbocycles. The number of rotatable bonds is 3. The molecule has 12 heavy (non-hydrogen) atoms. The summed E-state index contributed by atoms with van der Waals surface area (Å²) in [7, 11) is 0. The topological polar surface area (TPSA) is 12.0 Å². The fraction of sp³-hybridized carbons (Fsp3) is 0.818. The van der Waals surface area contributed by atoms with Gasteiger partial charge in [-0.25, -0.2) is 0 Å². The SMILES string of the molecule is CC[C@@H](C)C1CC=C(C(C)C)N1. The van der Waals surface area contributed by atoms with Crippen molar-refractivity contribution in [3.63, 3.8) is 0 Å². The van der Waals surface area contributed by atoms with E-state index in [2.05, 4.69) is 39.1 Å². The van der Waals surface area contributed by atoms with Crippen LogP contribution in [0.5, 0.6) is 0 Å². The van der Waals surface area contributed by atoms with Crippen LogP contribution in [0.3, 0.4) is 0 Å². The molecule has 0 aromatic heterocycles. The lowest BCUT2D eigenvalue weighted by molar-refractivity contribution is 0.404. The van der Waals surface area contributed by atoms with Crippen molar-refractivity contribution in [1.29, 1.82) is 0 Å². The molecule has 1 aliphatic heterocycles. The van der Waals surface area contributed by atoms with Gasteiger partial charge in [0.1, 0.15) is 0 Å². The van der Waals surface area contributed by atoms with Crippen molar-refractivity contribution >= 4 is 0 Å². The highest BCUT2D eigenvalue weighted by atomic mass is 15.0. The van der Waals surface area contributed by atoms with E-state index in [0.29, 0.717) is 12.0 Å². The lowest BCUT2D eigenvalue weighted by Crippen LogP contribution is -2.30. The largest absolute Gasteiger partial charge is 0.385 e. The normalized spacial score (nSPS) is 25.4. The second-order valence-electron chi connectivity index (χ2n) is 4.19. The highest BCUT2D eigenvalue weighted by Crippen LogP contribution is 2.22. The zero-order valence-corrected chi connectivity index (χ0v) is 8.72. The molecule has 1 N–H and O–H groups in total. The zero-order chi connectivity index (χ0) is 9.14. The summed E-state index contributed by atoms with van der Waals surface area (Å²) in [6, 6.07) is 0.701. The van der Waals surface area contributed by atoms with E-state index in [1.165, 1.54) is 18.5 Å². The summed E-state index contributed by atoms with van der Waals surface area (Å²) in [6.07, 6.45) is 4.86. The van der Waals surface area contributed by atoms with E-state index in [9.17, 15) is 0 Å². The molecule has 1 nitrogen and oxygen atoms in total. The van der Waals surface area contributed by atoms with Crippen LogP contribution in [0.2, 0.25) is 0 Å². The van der Waals surface area contributed by atoms with Gasteiger partial charge in [-0.1, -0.05) is 40.2 Å². The first-order valence-electron chi connectivity index (χ1n) is 5.11. The molecule has 0 aromatic rings. The van der Waals surface area contributed by atoms with E-state index >= 15 is 0 Å². The van der Waals surface area contributed by atoms with Crippen LogP contribution in [0.4, 0.5) is 0 Å². The first-order valence-corrected chi connectivity index (χ1v) is 5.11. The van der Waals surface area contributed by atoms with Crippen molar-refractivity contribution < 1.29 is 0 Å². The summed E-state index contributed by atoms with van der Waals surface area (Å²) in [5.41, 5.74) is 1.44. The van der Waals surface area contributed by atoms with Gasteiger partial charge in [-0.15, -0.1) is 0 Å². The standard InChI is InChI=1S/C11H21N/c1-5-9(4)11-7-6-10(12-11)8(2)3/h6,8-9,11-12H,5,7H2,1-4H3/t9-,11?/m1/s1. The first kappa shape index (κ1) is 9.63. The monoisotopic (exact) mass is 167 g/mol. The molecule has 0 radical (unpaired) electrons. The summed E-state index contributed by atoms with van der Waals surface area (Å²) >= 11 is 0. The highest BCUT2D eigenvalue weighted by molar-refractivity contribution is 5.12. The minimum absolute atomic E-state index is 0.666. The summed E-state index contributed by atoms with van der Waals surface area (Å²) < 4.78 is 0. The fourth-order valence-corrected chi connectivity index (χ4v) is 1.65. The third-order valence-corrected chi connectivity index (χ3v) is 2.90. The Morgan fingerprint density at radius 1 is 1.50 bits per heavy atom. The summed E-state index contributed by atoms with van der Waals surface area (Å²) in [5, 5.41) is 3.60. The molecule has 70 valence electrons. The lowest BCUT2D eigenvalue weighted by atomic mass is 9.98. The van der Waals surface area contributed by atoms with E-state index < -0.39 is 0 Å². The van der Waals surface area contributed by atoms with Crippen molar-refractivity contribution in [2.45, 2.75) is 46.6 Å². The van der Waals surface area contributed by atoms with Crippen LogP contribution >= 0.6 is 0 Å². The van der Waals surface area contributed by atoms with Gasteiger partial charge in [0.25, 0.3) is 0 Å². The fourth-order valence-electron chi connectivity index (χ4n) is 1.65. The van der Waals surface area contributed by atoms with E-state index in [-0.39, 0.29) is 0 Å². The Morgan fingerprint density at radius 3 is 2.58 bits per heavy atom. The molecule has 1 rings (SSSR count). The molecule has 2 atom stereocenters. The van der Waals surface area contributed by atoms with Crippen molar-refractivity contribution in [2.24, 2.45) is 11.8 Å². The van der Waals surface area contributed by atoms with Gasteiger partial charge in [0.05, 0.1) is 0 Å². The molecule has 0 aromatic carbocycles. The Balaban J connectivity index is 2.41. The Labute approximate surface area is 76.2 Å². The molecule has 0 spiro atoms. The molecule has 0 fully saturated rings. The maximum absolute atomic E-state index is 3.60. The Bertz CT molecular complexity index is 170. The third kappa shape index (κ3) is 2.02. The van der Waals surface area contributed by atoms with Crippen molar-refractivity contribution in [3.8, 4) is 0 Å². The highest BCUT2D eigenvalue weighted by Gasteiger charge is 2.21. The predicted octanol–water partition coefficient (Wildman–Crippen LogP) is 2.93. The van der Waals surface area contributed by atoms with E-state index in [1.54, 1.807) is 0 Å². The summed E-state index contributed by atoms with van der Waals surface area (Å²) in [4.78, 5) is 0. The van der Waals surface area contributed by atoms with Crippen molar-refractivity contribution in [1.82, 2.24) is 5.32 Å². The summed E-state index contributed by atoms with van der Waals surface area (Å²) in [6.45, 7) is 9.09. The Kier molecular flexibility index (Phi) is 3.19. The average Bonchev–Trinajstić information content (AvgIpc) is 2.51. The van der Waals surface area contributed by atoms with E-state index in [0.717, 1.165) is 5.92 Å². The molecule has 0 amide bonds. The van der Waals surface area contributed by atoms with Crippen molar-refractivity contribution in [3.05, 3.63) is 11.8 Å². The van der Waals surface area contributed by atoms with E-state index in [4.69, 9.17) is 0 Å². The molecular weight excluding hydrogens is 146 g/mol. The first-order chi connectivity index (χ1) is 5.65. The molecule has 1 aliphatic rings.